The van der Waals surface area contributed by atoms with Crippen LogP contribution in [-0.2, 0) is 0 Å². The lowest BCUT2D eigenvalue weighted by Gasteiger charge is -2.08. The molecule has 4 aromatic rings. The number of amides is 1. The van der Waals surface area contributed by atoms with Crippen molar-refractivity contribution in [3.8, 4) is 22.8 Å². The number of methoxy groups -OCH3 is 2. The first-order valence-electron chi connectivity index (χ1n) is 8.69. The highest BCUT2D eigenvalue weighted by molar-refractivity contribution is 5.94. The Balaban J connectivity index is 1.74. The molecule has 146 valence electrons. The third kappa shape index (κ3) is 3.65. The topological polar surface area (TPSA) is 117 Å². The van der Waals surface area contributed by atoms with Gasteiger partial charge in [-0.3, -0.25) is 9.78 Å². The maximum Gasteiger partial charge on any atom is 0.248 e. The lowest BCUT2D eigenvalue weighted by Crippen LogP contribution is -2.10. The number of benzene rings is 2. The molecule has 0 spiro atoms. The standard InChI is InChI=1S/C20H18N6O3/c1-28-15-9-14(10-16(11-15)29-2)23-20-24-19-17(22-6-7-26(19)25-20)12-4-3-5-13(8-12)18(21)27/h3-11H,1-2H3,(H2,21,27)(H,23,25). The van der Waals surface area contributed by atoms with Crippen LogP contribution in [0.15, 0.2) is 54.9 Å². The van der Waals surface area contributed by atoms with Gasteiger partial charge >= 0.3 is 0 Å². The largest absolute Gasteiger partial charge is 0.497 e. The number of nitrogens with two attached hydrogens (primary N) is 1. The number of nitrogens with zero attached hydrogens (tertiary/aromatic N) is 4. The Morgan fingerprint density at radius 2 is 1.86 bits per heavy atom. The number of aromatic nitrogens is 4. The van der Waals surface area contributed by atoms with Crippen LogP contribution in [0.1, 0.15) is 10.4 Å². The number of rotatable bonds is 6. The highest BCUT2D eigenvalue weighted by atomic mass is 16.5. The molecule has 3 N–H and O–H groups in total. The number of fused-ring (bicyclic) bond motifs is 1. The van der Waals surface area contributed by atoms with Crippen molar-refractivity contribution in [1.82, 2.24) is 19.6 Å². The van der Waals surface area contributed by atoms with Crippen LogP contribution in [0.3, 0.4) is 0 Å². The van der Waals surface area contributed by atoms with Crippen LogP contribution in [0.4, 0.5) is 11.6 Å². The fourth-order valence-corrected chi connectivity index (χ4v) is 2.90. The number of nitrogens with one attached hydrogen (secondary N) is 1. The van der Waals surface area contributed by atoms with E-state index in [9.17, 15) is 4.79 Å². The molecule has 0 aliphatic rings. The first kappa shape index (κ1) is 18.2. The van der Waals surface area contributed by atoms with E-state index in [4.69, 9.17) is 15.2 Å². The van der Waals surface area contributed by atoms with Gasteiger partial charge in [0.25, 0.3) is 0 Å². The van der Waals surface area contributed by atoms with Gasteiger partial charge in [0.1, 0.15) is 17.2 Å². The van der Waals surface area contributed by atoms with Crippen LogP contribution in [0, 0.1) is 0 Å². The number of anilines is 2. The second-order valence-electron chi connectivity index (χ2n) is 6.15. The molecule has 2 heterocycles. The Labute approximate surface area is 166 Å². The van der Waals surface area contributed by atoms with Crippen LogP contribution >= 0.6 is 0 Å². The minimum absolute atomic E-state index is 0.376. The summed E-state index contributed by atoms with van der Waals surface area (Å²) >= 11 is 0. The Morgan fingerprint density at radius 3 is 2.55 bits per heavy atom. The lowest BCUT2D eigenvalue weighted by atomic mass is 10.1. The molecule has 0 aliphatic carbocycles. The number of ether oxygens (including phenoxy) is 2. The Bertz CT molecular complexity index is 1180. The molecule has 2 aromatic carbocycles. The van der Waals surface area contributed by atoms with E-state index in [0.717, 1.165) is 0 Å². The van der Waals surface area contributed by atoms with E-state index >= 15 is 0 Å². The highest BCUT2D eigenvalue weighted by Gasteiger charge is 2.13. The molecule has 4 rings (SSSR count). The van der Waals surface area contributed by atoms with E-state index in [1.165, 1.54) is 0 Å². The molecule has 0 saturated heterocycles. The van der Waals surface area contributed by atoms with Crippen molar-refractivity contribution in [2.75, 3.05) is 19.5 Å². The number of carbonyl (C=O) groups excluding carboxylic acids is 1. The molecule has 0 atom stereocenters. The summed E-state index contributed by atoms with van der Waals surface area (Å²) in [6.07, 6.45) is 3.31. The van der Waals surface area contributed by atoms with Crippen LogP contribution in [-0.4, -0.2) is 39.7 Å². The molecular weight excluding hydrogens is 372 g/mol. The number of primary amides is 1. The smallest absolute Gasteiger partial charge is 0.248 e. The summed E-state index contributed by atoms with van der Waals surface area (Å²) in [5, 5.41) is 7.59. The summed E-state index contributed by atoms with van der Waals surface area (Å²) in [7, 11) is 3.17. The van der Waals surface area contributed by atoms with E-state index in [1.54, 1.807) is 55.4 Å². The first-order valence-corrected chi connectivity index (χ1v) is 8.69. The molecule has 29 heavy (non-hydrogen) atoms. The summed E-state index contributed by atoms with van der Waals surface area (Å²) < 4.78 is 12.2. The zero-order valence-electron chi connectivity index (χ0n) is 15.8. The van der Waals surface area contributed by atoms with Crippen molar-refractivity contribution in [3.05, 3.63) is 60.4 Å². The predicted molar refractivity (Wildman–Crippen MR) is 108 cm³/mol. The Hall–Kier alpha value is -4.14. The number of hydrogen-bond donors (Lipinski definition) is 2. The fraction of sp³-hybridized carbons (Fsp3) is 0.100. The average molecular weight is 390 g/mol. The van der Waals surface area contributed by atoms with Gasteiger partial charge in [-0.1, -0.05) is 12.1 Å². The van der Waals surface area contributed by atoms with Crippen molar-refractivity contribution in [2.45, 2.75) is 0 Å². The van der Waals surface area contributed by atoms with Gasteiger partial charge in [-0.2, -0.15) is 4.98 Å². The third-order valence-corrected chi connectivity index (χ3v) is 4.28. The average Bonchev–Trinajstić information content (AvgIpc) is 3.15. The van der Waals surface area contributed by atoms with Gasteiger partial charge in [-0.05, 0) is 12.1 Å². The first-order chi connectivity index (χ1) is 14.1. The van der Waals surface area contributed by atoms with Gasteiger partial charge in [0.2, 0.25) is 11.9 Å². The Morgan fingerprint density at radius 1 is 1.10 bits per heavy atom. The molecule has 9 nitrogen and oxygen atoms in total. The zero-order chi connectivity index (χ0) is 20.4. The fourth-order valence-electron chi connectivity index (χ4n) is 2.90. The number of hydrogen-bond acceptors (Lipinski definition) is 7. The van der Waals surface area contributed by atoms with Gasteiger partial charge in [-0.15, -0.1) is 5.10 Å². The Kier molecular flexibility index (Phi) is 4.70. The van der Waals surface area contributed by atoms with Crippen LogP contribution in [0.25, 0.3) is 16.9 Å². The normalized spacial score (nSPS) is 10.7. The van der Waals surface area contributed by atoms with E-state index in [1.807, 2.05) is 18.2 Å². The van der Waals surface area contributed by atoms with Crippen LogP contribution < -0.4 is 20.5 Å². The monoisotopic (exact) mass is 390 g/mol. The number of carbonyl (C=O) groups is 1. The lowest BCUT2D eigenvalue weighted by molar-refractivity contribution is 0.100. The molecular formula is C20H18N6O3. The van der Waals surface area contributed by atoms with Crippen LogP contribution in [0.5, 0.6) is 11.5 Å². The third-order valence-electron chi connectivity index (χ3n) is 4.28. The quantitative estimate of drug-likeness (QED) is 0.520. The van der Waals surface area contributed by atoms with Gasteiger partial charge < -0.3 is 20.5 Å². The van der Waals surface area contributed by atoms with Crippen molar-refractivity contribution in [2.24, 2.45) is 5.73 Å². The van der Waals surface area contributed by atoms with Gasteiger partial charge in [-0.25, -0.2) is 4.52 Å². The minimum atomic E-state index is -0.505. The molecule has 0 saturated carbocycles. The minimum Gasteiger partial charge on any atom is -0.497 e. The van der Waals surface area contributed by atoms with E-state index in [0.29, 0.717) is 45.6 Å². The van der Waals surface area contributed by atoms with Crippen LogP contribution in [0.2, 0.25) is 0 Å². The summed E-state index contributed by atoms with van der Waals surface area (Å²) in [5.74, 6) is 1.15. The van der Waals surface area contributed by atoms with Crippen molar-refractivity contribution in [3.63, 3.8) is 0 Å². The van der Waals surface area contributed by atoms with Crippen molar-refractivity contribution >= 4 is 23.2 Å². The van der Waals surface area contributed by atoms with Gasteiger partial charge in [0.15, 0.2) is 5.65 Å². The maximum absolute atomic E-state index is 11.5. The van der Waals surface area contributed by atoms with E-state index < -0.39 is 5.91 Å². The summed E-state index contributed by atoms with van der Waals surface area (Å²) in [6.45, 7) is 0. The maximum atomic E-state index is 11.5. The van der Waals surface area contributed by atoms with E-state index in [-0.39, 0.29) is 0 Å². The van der Waals surface area contributed by atoms with Crippen molar-refractivity contribution < 1.29 is 14.3 Å². The predicted octanol–water partition coefficient (Wildman–Crippen LogP) is 2.65. The highest BCUT2D eigenvalue weighted by Crippen LogP contribution is 2.28. The second kappa shape index (κ2) is 7.47. The molecule has 1 amide bonds. The summed E-state index contributed by atoms with van der Waals surface area (Å²) in [6, 6.07) is 12.3. The molecule has 9 heteroatoms. The summed E-state index contributed by atoms with van der Waals surface area (Å²) in [4.78, 5) is 20.5. The molecule has 0 aliphatic heterocycles. The second-order valence-corrected chi connectivity index (χ2v) is 6.15. The van der Waals surface area contributed by atoms with E-state index in [2.05, 4.69) is 20.4 Å². The zero-order valence-corrected chi connectivity index (χ0v) is 15.8. The molecule has 0 radical (unpaired) electrons. The molecule has 0 unspecified atom stereocenters. The summed E-state index contributed by atoms with van der Waals surface area (Å²) in [5.41, 5.74) is 8.33. The SMILES string of the molecule is COc1cc(Nc2nc3c(-c4cccc(C(N)=O)c4)nccn3n2)cc(OC)c1. The van der Waals surface area contributed by atoms with Crippen molar-refractivity contribution in [1.29, 1.82) is 0 Å². The van der Waals surface area contributed by atoms with Gasteiger partial charge in [0, 0.05) is 47.4 Å². The van der Waals surface area contributed by atoms with Gasteiger partial charge in [0.05, 0.1) is 14.2 Å². The molecule has 0 fully saturated rings. The molecule has 0 bridgehead atoms. The molecule has 2 aromatic heterocycles.